The van der Waals surface area contributed by atoms with Crippen molar-refractivity contribution < 1.29 is 22.7 Å². The van der Waals surface area contributed by atoms with Gasteiger partial charge in [-0.3, -0.25) is 13.9 Å². The molecule has 9 heteroatoms. The van der Waals surface area contributed by atoms with Crippen LogP contribution >= 0.6 is 0 Å². The van der Waals surface area contributed by atoms with E-state index in [4.69, 9.17) is 4.74 Å². The molecule has 2 unspecified atom stereocenters. The number of rotatable bonds is 12. The number of nitrogens with zero attached hydrogens (tertiary/aromatic N) is 2. The van der Waals surface area contributed by atoms with Crippen molar-refractivity contribution in [3.8, 4) is 5.75 Å². The first-order valence-corrected chi connectivity index (χ1v) is 14.0. The first-order chi connectivity index (χ1) is 16.9. The lowest BCUT2D eigenvalue weighted by Gasteiger charge is -2.33. The lowest BCUT2D eigenvalue weighted by atomic mass is 10.1. The van der Waals surface area contributed by atoms with E-state index in [1.54, 1.807) is 32.2 Å². The molecule has 0 bridgehead atoms. The summed E-state index contributed by atoms with van der Waals surface area (Å²) in [6.45, 7) is 9.14. The number of carbonyl (C=O) groups excluding carboxylic acids is 2. The van der Waals surface area contributed by atoms with Gasteiger partial charge in [-0.2, -0.15) is 0 Å². The fourth-order valence-electron chi connectivity index (χ4n) is 3.87. The summed E-state index contributed by atoms with van der Waals surface area (Å²) in [5.74, 6) is -0.0361. The van der Waals surface area contributed by atoms with Crippen LogP contribution in [-0.2, 0) is 26.2 Å². The summed E-state index contributed by atoms with van der Waals surface area (Å²) < 4.78 is 32.0. The van der Waals surface area contributed by atoms with Gasteiger partial charge in [0.05, 0.1) is 19.1 Å². The minimum absolute atomic E-state index is 0.0491. The number of aryl methyl sites for hydroxylation is 2. The molecule has 0 aliphatic heterocycles. The normalized spacial score (nSPS) is 13.0. The first kappa shape index (κ1) is 29.2. The summed E-state index contributed by atoms with van der Waals surface area (Å²) in [6.07, 6.45) is 2.22. The van der Waals surface area contributed by atoms with E-state index in [1.165, 1.54) is 4.90 Å². The second kappa shape index (κ2) is 12.8. The number of ether oxygens (including phenoxy) is 1. The van der Waals surface area contributed by atoms with Gasteiger partial charge in [-0.15, -0.1) is 0 Å². The maximum absolute atomic E-state index is 13.8. The van der Waals surface area contributed by atoms with Crippen LogP contribution in [-0.4, -0.2) is 57.1 Å². The van der Waals surface area contributed by atoms with Crippen molar-refractivity contribution in [1.82, 2.24) is 10.2 Å². The third-order valence-corrected chi connectivity index (χ3v) is 7.34. The maximum atomic E-state index is 13.8. The predicted octanol–water partition coefficient (Wildman–Crippen LogP) is 3.80. The third kappa shape index (κ3) is 7.71. The number of nitrogens with one attached hydrogen (secondary N) is 1. The molecule has 1 N–H and O–H groups in total. The number of methoxy groups -OCH3 is 1. The predicted molar refractivity (Wildman–Crippen MR) is 144 cm³/mol. The summed E-state index contributed by atoms with van der Waals surface area (Å²) in [5, 5.41) is 2.97. The molecular formula is C27H39N3O5S. The summed E-state index contributed by atoms with van der Waals surface area (Å²) in [4.78, 5) is 28.4. The largest absolute Gasteiger partial charge is 0.497 e. The third-order valence-electron chi connectivity index (χ3n) is 6.21. The highest BCUT2D eigenvalue weighted by Crippen LogP contribution is 2.25. The van der Waals surface area contributed by atoms with Gasteiger partial charge in [-0.25, -0.2) is 8.42 Å². The van der Waals surface area contributed by atoms with Crippen LogP contribution < -0.4 is 14.4 Å². The number of amides is 2. The number of hydrogen-bond acceptors (Lipinski definition) is 5. The molecule has 0 fully saturated rings. The molecule has 0 saturated carbocycles. The summed E-state index contributed by atoms with van der Waals surface area (Å²) in [7, 11) is -2.20. The van der Waals surface area contributed by atoms with Gasteiger partial charge in [-0.05, 0) is 68.5 Å². The van der Waals surface area contributed by atoms with Crippen LogP contribution in [0.4, 0.5) is 5.69 Å². The van der Waals surface area contributed by atoms with Gasteiger partial charge in [0.1, 0.15) is 18.3 Å². The molecule has 2 atom stereocenters. The van der Waals surface area contributed by atoms with Crippen molar-refractivity contribution in [3.05, 3.63) is 59.2 Å². The standard InChI is InChI=1S/C27H39N3O5S/c1-8-21(5)28-27(32)24(9-2)29(17-22-12-14-23(35-6)15-13-22)26(31)18-30(36(7,33)34)25-16-19(3)10-11-20(25)4/h10-16,21,24H,8-9,17-18H2,1-7H3,(H,28,32). The Bertz CT molecular complexity index is 1150. The highest BCUT2D eigenvalue weighted by Gasteiger charge is 2.32. The molecule has 0 aliphatic rings. The van der Waals surface area contributed by atoms with Gasteiger partial charge < -0.3 is 15.0 Å². The van der Waals surface area contributed by atoms with Crippen molar-refractivity contribution in [3.63, 3.8) is 0 Å². The summed E-state index contributed by atoms with van der Waals surface area (Å²) >= 11 is 0. The summed E-state index contributed by atoms with van der Waals surface area (Å²) in [5.41, 5.74) is 2.87. The number of hydrogen-bond donors (Lipinski definition) is 1. The van der Waals surface area contributed by atoms with Gasteiger partial charge >= 0.3 is 0 Å². The van der Waals surface area contributed by atoms with Crippen LogP contribution in [0.1, 0.15) is 50.3 Å². The quantitative estimate of drug-likeness (QED) is 0.462. The molecule has 0 aromatic heterocycles. The highest BCUT2D eigenvalue weighted by atomic mass is 32.2. The van der Waals surface area contributed by atoms with E-state index in [0.29, 0.717) is 17.9 Å². The zero-order valence-electron chi connectivity index (χ0n) is 22.4. The van der Waals surface area contributed by atoms with Crippen molar-refractivity contribution in [2.75, 3.05) is 24.2 Å². The van der Waals surface area contributed by atoms with Gasteiger partial charge in [0.15, 0.2) is 0 Å². The molecule has 0 radical (unpaired) electrons. The van der Waals surface area contributed by atoms with Crippen LogP contribution in [0.15, 0.2) is 42.5 Å². The van der Waals surface area contributed by atoms with E-state index in [9.17, 15) is 18.0 Å². The zero-order chi connectivity index (χ0) is 27.0. The molecule has 2 aromatic carbocycles. The summed E-state index contributed by atoms with van der Waals surface area (Å²) in [6, 6.07) is 11.9. The minimum Gasteiger partial charge on any atom is -0.497 e. The van der Waals surface area contributed by atoms with E-state index in [1.807, 2.05) is 52.0 Å². The van der Waals surface area contributed by atoms with Gasteiger partial charge in [0, 0.05) is 12.6 Å². The zero-order valence-corrected chi connectivity index (χ0v) is 23.2. The number of anilines is 1. The van der Waals surface area contributed by atoms with E-state index in [-0.39, 0.29) is 18.5 Å². The maximum Gasteiger partial charge on any atom is 0.244 e. The SMILES string of the molecule is CCC(C)NC(=O)C(CC)N(Cc1ccc(OC)cc1)C(=O)CN(c1cc(C)ccc1C)S(C)(=O)=O. The second-order valence-electron chi connectivity index (χ2n) is 9.17. The topological polar surface area (TPSA) is 96.0 Å². The van der Waals surface area contributed by atoms with Gasteiger partial charge in [0.25, 0.3) is 0 Å². The molecule has 2 amide bonds. The lowest BCUT2D eigenvalue weighted by Crippen LogP contribution is -2.53. The molecule has 198 valence electrons. The monoisotopic (exact) mass is 517 g/mol. The van der Waals surface area contributed by atoms with E-state index < -0.39 is 28.5 Å². The Kier molecular flexibility index (Phi) is 10.3. The van der Waals surface area contributed by atoms with Crippen LogP contribution in [0.5, 0.6) is 5.75 Å². The van der Waals surface area contributed by atoms with E-state index >= 15 is 0 Å². The molecule has 0 saturated heterocycles. The average molecular weight is 518 g/mol. The molecule has 0 aliphatic carbocycles. The Hall–Kier alpha value is -3.07. The average Bonchev–Trinajstić information content (AvgIpc) is 2.83. The Balaban J connectivity index is 2.48. The second-order valence-corrected chi connectivity index (χ2v) is 11.1. The first-order valence-electron chi connectivity index (χ1n) is 12.2. The van der Waals surface area contributed by atoms with Crippen molar-refractivity contribution in [1.29, 1.82) is 0 Å². The molecule has 0 spiro atoms. The Morgan fingerprint density at radius 3 is 2.19 bits per heavy atom. The fourth-order valence-corrected chi connectivity index (χ4v) is 4.77. The van der Waals surface area contributed by atoms with Crippen LogP contribution in [0.3, 0.4) is 0 Å². The molecule has 0 heterocycles. The number of carbonyl (C=O) groups is 2. The van der Waals surface area contributed by atoms with Crippen molar-refractivity contribution in [2.45, 2.75) is 66.1 Å². The Labute approximate surface area is 215 Å². The minimum atomic E-state index is -3.77. The highest BCUT2D eigenvalue weighted by molar-refractivity contribution is 7.92. The Morgan fingerprint density at radius 2 is 1.67 bits per heavy atom. The molecule has 36 heavy (non-hydrogen) atoms. The molecule has 8 nitrogen and oxygen atoms in total. The van der Waals surface area contributed by atoms with Crippen molar-refractivity contribution >= 4 is 27.5 Å². The smallest absolute Gasteiger partial charge is 0.244 e. The van der Waals surface area contributed by atoms with Crippen LogP contribution in [0, 0.1) is 13.8 Å². The lowest BCUT2D eigenvalue weighted by molar-refractivity contribution is -0.140. The number of sulfonamides is 1. The fraction of sp³-hybridized carbons (Fsp3) is 0.481. The van der Waals surface area contributed by atoms with Crippen molar-refractivity contribution in [2.24, 2.45) is 0 Å². The molecule has 2 rings (SSSR count). The molecular weight excluding hydrogens is 478 g/mol. The van der Waals surface area contributed by atoms with Gasteiger partial charge in [-0.1, -0.05) is 38.1 Å². The van der Waals surface area contributed by atoms with Crippen LogP contribution in [0.25, 0.3) is 0 Å². The van der Waals surface area contributed by atoms with Gasteiger partial charge in [0.2, 0.25) is 21.8 Å². The molecule has 2 aromatic rings. The van der Waals surface area contributed by atoms with E-state index in [0.717, 1.165) is 33.7 Å². The number of benzene rings is 2. The Morgan fingerprint density at radius 1 is 1.03 bits per heavy atom. The van der Waals surface area contributed by atoms with E-state index in [2.05, 4.69) is 5.32 Å². The van der Waals surface area contributed by atoms with Crippen LogP contribution in [0.2, 0.25) is 0 Å².